The lowest BCUT2D eigenvalue weighted by molar-refractivity contribution is -0.159. The van der Waals surface area contributed by atoms with E-state index in [2.05, 4.69) is 0 Å². The van der Waals surface area contributed by atoms with Gasteiger partial charge in [-0.05, 0) is 31.9 Å². The molecule has 1 N–H and O–H groups in total. The zero-order valence-corrected chi connectivity index (χ0v) is 15.7. The van der Waals surface area contributed by atoms with Crippen molar-refractivity contribution in [3.63, 3.8) is 0 Å². The molecule has 1 aliphatic carbocycles. The molecule has 1 saturated heterocycles. The highest BCUT2D eigenvalue weighted by molar-refractivity contribution is 6.08. The summed E-state index contributed by atoms with van der Waals surface area (Å²) in [5.74, 6) is -2.34. The molecule has 0 radical (unpaired) electrons. The van der Waals surface area contributed by atoms with Crippen LogP contribution in [0.4, 0.5) is 0 Å². The van der Waals surface area contributed by atoms with Crippen LogP contribution in [0.15, 0.2) is 45.6 Å². The van der Waals surface area contributed by atoms with Crippen LogP contribution in [0, 0.1) is 11.8 Å². The van der Waals surface area contributed by atoms with E-state index >= 15 is 0 Å². The molecule has 2 heterocycles. The van der Waals surface area contributed by atoms with E-state index in [1.165, 1.54) is 25.1 Å². The van der Waals surface area contributed by atoms with Crippen molar-refractivity contribution in [2.24, 2.45) is 11.8 Å². The number of rotatable bonds is 4. The molecule has 1 fully saturated rings. The molecule has 8 heteroatoms. The number of allylic oxidation sites excluding steroid dienone is 2. The number of carbonyl (C=O) groups excluding carboxylic acids is 3. The third-order valence-electron chi connectivity index (χ3n) is 5.45. The van der Waals surface area contributed by atoms with Gasteiger partial charge in [-0.2, -0.15) is 0 Å². The monoisotopic (exact) mass is 397 g/mol. The fraction of sp³-hybridized carbons (Fsp3) is 0.333. The van der Waals surface area contributed by atoms with Crippen molar-refractivity contribution in [2.45, 2.75) is 32.4 Å². The molecule has 1 aromatic carbocycles. The number of aromatic hydroxyl groups is 1. The lowest BCUT2D eigenvalue weighted by Crippen LogP contribution is -2.44. The highest BCUT2D eigenvalue weighted by Crippen LogP contribution is 2.36. The molecule has 1 aliphatic heterocycles. The van der Waals surface area contributed by atoms with Crippen LogP contribution in [0.25, 0.3) is 11.0 Å². The molecule has 2 aliphatic rings. The van der Waals surface area contributed by atoms with Gasteiger partial charge in [-0.15, -0.1) is 0 Å². The molecule has 2 aromatic rings. The van der Waals surface area contributed by atoms with Crippen LogP contribution >= 0.6 is 0 Å². The van der Waals surface area contributed by atoms with Crippen LogP contribution < -0.4 is 5.63 Å². The van der Waals surface area contributed by atoms with Crippen molar-refractivity contribution in [1.82, 2.24) is 4.90 Å². The number of fused-ring (bicyclic) bond motifs is 2. The van der Waals surface area contributed by atoms with Crippen molar-refractivity contribution in [3.8, 4) is 5.75 Å². The number of hydrogen-bond acceptors (Lipinski definition) is 7. The van der Waals surface area contributed by atoms with E-state index in [-0.39, 0.29) is 29.8 Å². The molecule has 0 saturated carbocycles. The highest BCUT2D eigenvalue weighted by Gasteiger charge is 2.50. The predicted molar refractivity (Wildman–Crippen MR) is 101 cm³/mol. The molecule has 0 unspecified atom stereocenters. The standard InChI is InChI=1S/C21H19NO7/c1-11(22-19(25)15-4-2-3-5-16(15)20(22)26)21(27)28-10-12-8-18(24)29-17-9-13(23)6-7-14(12)17/h2-3,6-9,11,15-16,23H,4-5,10H2,1H3/t11-,15-,16+/m0/s1. The first-order valence-corrected chi connectivity index (χ1v) is 9.31. The lowest BCUT2D eigenvalue weighted by atomic mass is 9.85. The van der Waals surface area contributed by atoms with Gasteiger partial charge in [0.15, 0.2) is 0 Å². The number of esters is 1. The van der Waals surface area contributed by atoms with E-state index in [0.29, 0.717) is 23.8 Å². The number of imide groups is 1. The number of likely N-dealkylation sites (tertiary alicyclic amines) is 1. The Bertz CT molecular complexity index is 1070. The van der Waals surface area contributed by atoms with Gasteiger partial charge in [0, 0.05) is 23.1 Å². The predicted octanol–water partition coefficient (Wildman–Crippen LogP) is 1.88. The Morgan fingerprint density at radius 1 is 1.17 bits per heavy atom. The van der Waals surface area contributed by atoms with Gasteiger partial charge in [-0.3, -0.25) is 14.5 Å². The van der Waals surface area contributed by atoms with E-state index in [9.17, 15) is 24.3 Å². The molecule has 1 aromatic heterocycles. The summed E-state index contributed by atoms with van der Waals surface area (Å²) in [6.45, 7) is 1.22. The topological polar surface area (TPSA) is 114 Å². The number of phenols is 1. The summed E-state index contributed by atoms with van der Waals surface area (Å²) in [6.07, 6.45) is 4.74. The molecular formula is C21H19NO7. The van der Waals surface area contributed by atoms with Crippen molar-refractivity contribution < 1.29 is 28.6 Å². The fourth-order valence-electron chi connectivity index (χ4n) is 3.92. The number of phenolic OH excluding ortho intramolecular Hbond substituents is 1. The number of carbonyl (C=O) groups is 3. The Hall–Kier alpha value is -3.42. The number of nitrogens with zero attached hydrogens (tertiary/aromatic N) is 1. The smallest absolute Gasteiger partial charge is 0.336 e. The maximum atomic E-state index is 12.6. The second-order valence-electron chi connectivity index (χ2n) is 7.26. The maximum absolute atomic E-state index is 12.6. The van der Waals surface area contributed by atoms with Gasteiger partial charge in [0.05, 0.1) is 11.8 Å². The Kier molecular flexibility index (Phi) is 4.70. The summed E-state index contributed by atoms with van der Waals surface area (Å²) in [4.78, 5) is 50.5. The van der Waals surface area contributed by atoms with E-state index in [1.807, 2.05) is 12.2 Å². The summed E-state index contributed by atoms with van der Waals surface area (Å²) in [7, 11) is 0. The third kappa shape index (κ3) is 3.30. The quantitative estimate of drug-likeness (QED) is 0.363. The van der Waals surface area contributed by atoms with Crippen molar-refractivity contribution in [2.75, 3.05) is 0 Å². The third-order valence-corrected chi connectivity index (χ3v) is 5.45. The van der Waals surface area contributed by atoms with Crippen LogP contribution in [0.3, 0.4) is 0 Å². The fourth-order valence-corrected chi connectivity index (χ4v) is 3.92. The van der Waals surface area contributed by atoms with Gasteiger partial charge >= 0.3 is 11.6 Å². The summed E-state index contributed by atoms with van der Waals surface area (Å²) >= 11 is 0. The number of amides is 2. The van der Waals surface area contributed by atoms with E-state index in [4.69, 9.17) is 9.15 Å². The first-order chi connectivity index (χ1) is 13.9. The summed E-state index contributed by atoms with van der Waals surface area (Å²) in [5, 5.41) is 10.0. The normalized spacial score (nSPS) is 22.0. The Labute approximate surface area is 165 Å². The van der Waals surface area contributed by atoms with Crippen LogP contribution in [0.2, 0.25) is 0 Å². The molecule has 0 spiro atoms. The molecule has 150 valence electrons. The van der Waals surface area contributed by atoms with Gasteiger partial charge < -0.3 is 14.3 Å². The molecule has 3 atom stereocenters. The van der Waals surface area contributed by atoms with Gasteiger partial charge in [-0.25, -0.2) is 9.59 Å². The number of benzene rings is 1. The van der Waals surface area contributed by atoms with E-state index in [0.717, 1.165) is 4.90 Å². The molecule has 2 amide bonds. The minimum Gasteiger partial charge on any atom is -0.508 e. The first kappa shape index (κ1) is 18.9. The van der Waals surface area contributed by atoms with Crippen molar-refractivity contribution >= 4 is 28.8 Å². The molecule has 0 bridgehead atoms. The number of ether oxygens (including phenoxy) is 1. The molecule has 4 rings (SSSR count). The van der Waals surface area contributed by atoms with Crippen LogP contribution in [0.5, 0.6) is 5.75 Å². The van der Waals surface area contributed by atoms with Gasteiger partial charge in [0.25, 0.3) is 0 Å². The Balaban J connectivity index is 1.50. The molecule has 29 heavy (non-hydrogen) atoms. The summed E-state index contributed by atoms with van der Waals surface area (Å²) in [5.41, 5.74) is -0.0875. The first-order valence-electron chi connectivity index (χ1n) is 9.31. The van der Waals surface area contributed by atoms with Crippen LogP contribution in [0.1, 0.15) is 25.3 Å². The average molecular weight is 397 g/mol. The minimum absolute atomic E-state index is 0.0644. The lowest BCUT2D eigenvalue weighted by Gasteiger charge is -2.21. The van der Waals surface area contributed by atoms with E-state index < -0.39 is 29.5 Å². The second-order valence-corrected chi connectivity index (χ2v) is 7.26. The second kappa shape index (κ2) is 7.20. The Morgan fingerprint density at radius 3 is 2.48 bits per heavy atom. The van der Waals surface area contributed by atoms with Crippen molar-refractivity contribution in [1.29, 1.82) is 0 Å². The van der Waals surface area contributed by atoms with Gasteiger partial charge in [-0.1, -0.05) is 12.2 Å². The minimum atomic E-state index is -1.06. The van der Waals surface area contributed by atoms with Crippen LogP contribution in [-0.4, -0.2) is 33.8 Å². The molecule has 8 nitrogen and oxygen atoms in total. The summed E-state index contributed by atoms with van der Waals surface area (Å²) in [6, 6.07) is 4.40. The highest BCUT2D eigenvalue weighted by atomic mass is 16.5. The average Bonchev–Trinajstić information content (AvgIpc) is 2.95. The van der Waals surface area contributed by atoms with Gasteiger partial charge in [0.1, 0.15) is 24.0 Å². The SMILES string of the molecule is C[C@@H](C(=O)OCc1cc(=O)oc2cc(O)ccc12)N1C(=O)[C@H]2CC=CC[C@H]2C1=O. The maximum Gasteiger partial charge on any atom is 0.336 e. The van der Waals surface area contributed by atoms with Crippen LogP contribution in [-0.2, 0) is 25.7 Å². The molecular weight excluding hydrogens is 378 g/mol. The zero-order chi connectivity index (χ0) is 20.7. The summed E-state index contributed by atoms with van der Waals surface area (Å²) < 4.78 is 10.3. The zero-order valence-electron chi connectivity index (χ0n) is 15.7. The van der Waals surface area contributed by atoms with Gasteiger partial charge in [0.2, 0.25) is 11.8 Å². The van der Waals surface area contributed by atoms with E-state index in [1.54, 1.807) is 6.07 Å². The number of hydrogen-bond donors (Lipinski definition) is 1. The largest absolute Gasteiger partial charge is 0.508 e. The Morgan fingerprint density at radius 2 is 1.83 bits per heavy atom. The van der Waals surface area contributed by atoms with Crippen molar-refractivity contribution in [3.05, 3.63) is 52.4 Å².